The molecule has 0 aliphatic heterocycles. The highest BCUT2D eigenvalue weighted by atomic mass is 32.1. The van der Waals surface area contributed by atoms with Crippen LogP contribution in [0.4, 0.5) is 5.82 Å². The second-order valence-electron chi connectivity index (χ2n) is 4.20. The lowest BCUT2D eigenvalue weighted by Crippen LogP contribution is -2.02. The second kappa shape index (κ2) is 5.79. The number of hydrogen-bond donors (Lipinski definition) is 1. The van der Waals surface area contributed by atoms with E-state index in [9.17, 15) is 0 Å². The summed E-state index contributed by atoms with van der Waals surface area (Å²) < 4.78 is 0. The van der Waals surface area contributed by atoms with E-state index in [1.165, 1.54) is 0 Å². The number of nitrogens with zero attached hydrogens (tertiary/aromatic N) is 3. The molecule has 0 saturated heterocycles. The molecule has 0 fully saturated rings. The predicted octanol–water partition coefficient (Wildman–Crippen LogP) is 3.70. The van der Waals surface area contributed by atoms with E-state index >= 15 is 0 Å². The molecule has 4 nitrogen and oxygen atoms in total. The van der Waals surface area contributed by atoms with Crippen molar-refractivity contribution in [3.8, 4) is 22.1 Å². The van der Waals surface area contributed by atoms with E-state index in [1.54, 1.807) is 17.5 Å². The zero-order chi connectivity index (χ0) is 13.8. The van der Waals surface area contributed by atoms with Gasteiger partial charge in [0.15, 0.2) is 10.8 Å². The van der Waals surface area contributed by atoms with Crippen LogP contribution in [0.3, 0.4) is 0 Å². The summed E-state index contributed by atoms with van der Waals surface area (Å²) in [6.45, 7) is 2.87. The van der Waals surface area contributed by atoms with E-state index in [0.717, 1.165) is 28.6 Å². The molecule has 2 heterocycles. The van der Waals surface area contributed by atoms with Crippen molar-refractivity contribution in [2.45, 2.75) is 6.92 Å². The highest BCUT2D eigenvalue weighted by Crippen LogP contribution is 2.25. The summed E-state index contributed by atoms with van der Waals surface area (Å²) in [7, 11) is 0. The van der Waals surface area contributed by atoms with Crippen LogP contribution in [0.1, 0.15) is 6.92 Å². The first-order valence-electron chi connectivity index (χ1n) is 6.45. The maximum absolute atomic E-state index is 4.63. The van der Waals surface area contributed by atoms with Crippen LogP contribution >= 0.6 is 11.3 Å². The Morgan fingerprint density at radius 3 is 2.70 bits per heavy atom. The number of thiazole rings is 1. The molecule has 0 bridgehead atoms. The third-order valence-corrected chi connectivity index (χ3v) is 3.55. The SMILES string of the molecule is CCNc1cc(-c2ccccc2)nc(-c2nccs2)n1. The molecule has 3 rings (SSSR count). The van der Waals surface area contributed by atoms with Gasteiger partial charge in [-0.2, -0.15) is 0 Å². The van der Waals surface area contributed by atoms with E-state index in [4.69, 9.17) is 0 Å². The Labute approximate surface area is 121 Å². The minimum absolute atomic E-state index is 0.664. The third kappa shape index (κ3) is 2.67. The fourth-order valence-corrected chi connectivity index (χ4v) is 2.47. The van der Waals surface area contributed by atoms with E-state index in [0.29, 0.717) is 5.82 Å². The molecule has 0 spiro atoms. The summed E-state index contributed by atoms with van der Waals surface area (Å²) in [6.07, 6.45) is 1.77. The molecule has 1 N–H and O–H groups in total. The molecule has 100 valence electrons. The summed E-state index contributed by atoms with van der Waals surface area (Å²) in [4.78, 5) is 13.4. The first-order chi connectivity index (χ1) is 9.86. The van der Waals surface area contributed by atoms with E-state index in [1.807, 2.05) is 48.7 Å². The van der Waals surface area contributed by atoms with Gasteiger partial charge in [0.05, 0.1) is 5.69 Å². The van der Waals surface area contributed by atoms with Gasteiger partial charge in [-0.3, -0.25) is 0 Å². The molecule has 0 atom stereocenters. The van der Waals surface area contributed by atoms with Crippen molar-refractivity contribution in [2.75, 3.05) is 11.9 Å². The number of benzene rings is 1. The molecular weight excluding hydrogens is 268 g/mol. The summed E-state index contributed by atoms with van der Waals surface area (Å²) in [5, 5.41) is 6.01. The van der Waals surface area contributed by atoms with Gasteiger partial charge in [0, 0.05) is 29.8 Å². The van der Waals surface area contributed by atoms with Crippen LogP contribution < -0.4 is 5.32 Å². The quantitative estimate of drug-likeness (QED) is 0.792. The Morgan fingerprint density at radius 1 is 1.15 bits per heavy atom. The average Bonchev–Trinajstić information content (AvgIpc) is 3.02. The zero-order valence-corrected chi connectivity index (χ0v) is 11.9. The van der Waals surface area contributed by atoms with Gasteiger partial charge in [0.25, 0.3) is 0 Å². The molecule has 0 aliphatic rings. The van der Waals surface area contributed by atoms with E-state index in [2.05, 4.69) is 20.3 Å². The fraction of sp³-hybridized carbons (Fsp3) is 0.133. The van der Waals surface area contributed by atoms with Crippen LogP contribution in [-0.2, 0) is 0 Å². The minimum Gasteiger partial charge on any atom is -0.370 e. The Morgan fingerprint density at radius 2 is 2.00 bits per heavy atom. The smallest absolute Gasteiger partial charge is 0.191 e. The normalized spacial score (nSPS) is 10.4. The topological polar surface area (TPSA) is 50.7 Å². The fourth-order valence-electron chi connectivity index (χ4n) is 1.91. The maximum atomic E-state index is 4.63. The maximum Gasteiger partial charge on any atom is 0.191 e. The van der Waals surface area contributed by atoms with Crippen LogP contribution in [-0.4, -0.2) is 21.5 Å². The van der Waals surface area contributed by atoms with Gasteiger partial charge < -0.3 is 5.32 Å². The van der Waals surface area contributed by atoms with Crippen LogP contribution in [0.2, 0.25) is 0 Å². The van der Waals surface area contributed by atoms with Crippen molar-refractivity contribution >= 4 is 17.2 Å². The lowest BCUT2D eigenvalue weighted by Gasteiger charge is -2.07. The molecule has 2 aromatic heterocycles. The second-order valence-corrected chi connectivity index (χ2v) is 5.09. The Bertz CT molecular complexity index is 680. The number of nitrogens with one attached hydrogen (secondary N) is 1. The lowest BCUT2D eigenvalue weighted by atomic mass is 10.1. The van der Waals surface area contributed by atoms with Crippen LogP contribution in [0.25, 0.3) is 22.1 Å². The van der Waals surface area contributed by atoms with Crippen molar-refractivity contribution in [1.29, 1.82) is 0 Å². The highest BCUT2D eigenvalue weighted by molar-refractivity contribution is 7.13. The molecule has 20 heavy (non-hydrogen) atoms. The Kier molecular flexibility index (Phi) is 3.69. The Hall–Kier alpha value is -2.27. The van der Waals surface area contributed by atoms with Crippen LogP contribution in [0.15, 0.2) is 48.0 Å². The summed E-state index contributed by atoms with van der Waals surface area (Å²) in [6, 6.07) is 12.1. The van der Waals surface area contributed by atoms with Gasteiger partial charge in [-0.05, 0) is 6.92 Å². The molecular formula is C15H14N4S. The number of hydrogen-bond acceptors (Lipinski definition) is 5. The molecule has 3 aromatic rings. The first kappa shape index (κ1) is 12.7. The van der Waals surface area contributed by atoms with Gasteiger partial charge in [0.1, 0.15) is 5.82 Å². The molecule has 0 radical (unpaired) electrons. The molecule has 5 heteroatoms. The first-order valence-corrected chi connectivity index (χ1v) is 7.33. The molecule has 0 unspecified atom stereocenters. The van der Waals surface area contributed by atoms with Crippen molar-refractivity contribution in [2.24, 2.45) is 0 Å². The van der Waals surface area contributed by atoms with Crippen molar-refractivity contribution in [3.63, 3.8) is 0 Å². The largest absolute Gasteiger partial charge is 0.370 e. The van der Waals surface area contributed by atoms with Gasteiger partial charge in [-0.25, -0.2) is 15.0 Å². The summed E-state index contributed by atoms with van der Waals surface area (Å²) in [5.74, 6) is 1.49. The molecule has 0 amide bonds. The molecule has 0 aliphatic carbocycles. The van der Waals surface area contributed by atoms with Crippen molar-refractivity contribution < 1.29 is 0 Å². The van der Waals surface area contributed by atoms with Crippen molar-refractivity contribution in [1.82, 2.24) is 15.0 Å². The zero-order valence-electron chi connectivity index (χ0n) is 11.1. The third-order valence-electron chi connectivity index (χ3n) is 2.78. The summed E-state index contributed by atoms with van der Waals surface area (Å²) in [5.41, 5.74) is 1.98. The van der Waals surface area contributed by atoms with E-state index < -0.39 is 0 Å². The number of aromatic nitrogens is 3. The Balaban J connectivity index is 2.10. The monoisotopic (exact) mass is 282 g/mol. The number of anilines is 1. The highest BCUT2D eigenvalue weighted by Gasteiger charge is 2.09. The van der Waals surface area contributed by atoms with Crippen LogP contribution in [0, 0.1) is 0 Å². The van der Waals surface area contributed by atoms with Crippen LogP contribution in [0.5, 0.6) is 0 Å². The van der Waals surface area contributed by atoms with E-state index in [-0.39, 0.29) is 0 Å². The number of rotatable bonds is 4. The van der Waals surface area contributed by atoms with Gasteiger partial charge in [-0.1, -0.05) is 30.3 Å². The van der Waals surface area contributed by atoms with Gasteiger partial charge in [0.2, 0.25) is 0 Å². The van der Waals surface area contributed by atoms with Gasteiger partial charge >= 0.3 is 0 Å². The van der Waals surface area contributed by atoms with Crippen molar-refractivity contribution in [3.05, 3.63) is 48.0 Å². The minimum atomic E-state index is 0.664. The average molecular weight is 282 g/mol. The van der Waals surface area contributed by atoms with Gasteiger partial charge in [-0.15, -0.1) is 11.3 Å². The predicted molar refractivity (Wildman–Crippen MR) is 82.7 cm³/mol. The summed E-state index contributed by atoms with van der Waals surface area (Å²) >= 11 is 1.54. The lowest BCUT2D eigenvalue weighted by molar-refractivity contribution is 1.11. The molecule has 0 saturated carbocycles. The standard InChI is InChI=1S/C15H14N4S/c1-2-16-13-10-12(11-6-4-3-5-7-11)18-14(19-13)15-17-8-9-20-15/h3-10H,2H2,1H3,(H,16,18,19). The molecule has 1 aromatic carbocycles.